The van der Waals surface area contributed by atoms with Crippen LogP contribution in [0.5, 0.6) is 0 Å². The zero-order valence-electron chi connectivity index (χ0n) is 10.4. The van der Waals surface area contributed by atoms with Gasteiger partial charge in [-0.1, -0.05) is 6.07 Å². The Hall–Kier alpha value is -1.88. The number of para-hydroxylation sites is 1. The van der Waals surface area contributed by atoms with E-state index in [0.717, 1.165) is 11.3 Å². The first-order chi connectivity index (χ1) is 8.61. The number of aliphatic hydroxyl groups is 1. The second-order valence-corrected chi connectivity index (χ2v) is 4.26. The Kier molecular flexibility index (Phi) is 3.62. The fourth-order valence-corrected chi connectivity index (χ4v) is 1.82. The van der Waals surface area contributed by atoms with E-state index in [1.54, 1.807) is 19.1 Å². The number of aromatic nitrogens is 2. The lowest BCUT2D eigenvalue weighted by molar-refractivity contribution is 0.0603. The van der Waals surface area contributed by atoms with Gasteiger partial charge in [-0.05, 0) is 25.5 Å². The molecule has 96 valence electrons. The highest BCUT2D eigenvalue weighted by atomic mass is 16.5. The lowest BCUT2D eigenvalue weighted by Gasteiger charge is -2.00. The number of benzene rings is 1. The van der Waals surface area contributed by atoms with Crippen molar-refractivity contribution in [3.63, 3.8) is 0 Å². The molecule has 0 bridgehead atoms. The van der Waals surface area contributed by atoms with Crippen LogP contribution in [0.1, 0.15) is 29.5 Å². The summed E-state index contributed by atoms with van der Waals surface area (Å²) in [5.41, 5.74) is 1.87. The number of methoxy groups -OCH3 is 1. The highest BCUT2D eigenvalue weighted by Crippen LogP contribution is 2.18. The monoisotopic (exact) mass is 248 g/mol. The molecule has 0 saturated heterocycles. The quantitative estimate of drug-likeness (QED) is 0.807. The highest BCUT2D eigenvalue weighted by molar-refractivity contribution is 6.01. The molecule has 18 heavy (non-hydrogen) atoms. The number of rotatable bonds is 4. The van der Waals surface area contributed by atoms with Gasteiger partial charge >= 0.3 is 5.97 Å². The molecule has 1 atom stereocenters. The topological polar surface area (TPSA) is 75.2 Å². The molecule has 1 aromatic heterocycles. The number of hydrogen-bond acceptors (Lipinski definition) is 4. The molecule has 0 spiro atoms. The van der Waals surface area contributed by atoms with Gasteiger partial charge in [-0.15, -0.1) is 0 Å². The number of imidazole rings is 1. The SMILES string of the molecule is COC(=O)c1cccc2[nH]c(CCC(C)O)nc12. The predicted octanol–water partition coefficient (Wildman–Crippen LogP) is 1.66. The molecule has 0 fully saturated rings. The Labute approximate surface area is 105 Å². The number of aliphatic hydroxyl groups excluding tert-OH is 1. The Morgan fingerprint density at radius 1 is 1.56 bits per heavy atom. The van der Waals surface area contributed by atoms with Gasteiger partial charge in [0, 0.05) is 6.42 Å². The number of fused-ring (bicyclic) bond motifs is 1. The van der Waals surface area contributed by atoms with Gasteiger partial charge in [0.25, 0.3) is 0 Å². The van der Waals surface area contributed by atoms with Crippen molar-refractivity contribution in [3.8, 4) is 0 Å². The molecule has 0 amide bonds. The van der Waals surface area contributed by atoms with Gasteiger partial charge in [-0.3, -0.25) is 0 Å². The molecule has 0 aliphatic rings. The predicted molar refractivity (Wildman–Crippen MR) is 67.4 cm³/mol. The largest absolute Gasteiger partial charge is 0.465 e. The van der Waals surface area contributed by atoms with E-state index in [9.17, 15) is 9.90 Å². The molecule has 2 rings (SSSR count). The van der Waals surface area contributed by atoms with Crippen LogP contribution in [-0.4, -0.2) is 34.3 Å². The van der Waals surface area contributed by atoms with Crippen molar-refractivity contribution in [1.29, 1.82) is 0 Å². The minimum absolute atomic E-state index is 0.363. The lowest BCUT2D eigenvalue weighted by Crippen LogP contribution is -2.03. The molecular formula is C13H16N2O3. The highest BCUT2D eigenvalue weighted by Gasteiger charge is 2.13. The summed E-state index contributed by atoms with van der Waals surface area (Å²) in [5, 5.41) is 9.25. The smallest absolute Gasteiger partial charge is 0.340 e. The summed E-state index contributed by atoms with van der Waals surface area (Å²) in [4.78, 5) is 19.1. The van der Waals surface area contributed by atoms with Crippen molar-refractivity contribution < 1.29 is 14.6 Å². The first-order valence-electron chi connectivity index (χ1n) is 5.86. The minimum Gasteiger partial charge on any atom is -0.465 e. The molecule has 1 heterocycles. The number of aromatic amines is 1. The zero-order valence-corrected chi connectivity index (χ0v) is 10.4. The molecule has 0 saturated carbocycles. The molecule has 1 unspecified atom stereocenters. The van der Waals surface area contributed by atoms with E-state index in [2.05, 4.69) is 9.97 Å². The summed E-state index contributed by atoms with van der Waals surface area (Å²) in [6, 6.07) is 5.33. The Morgan fingerprint density at radius 2 is 2.33 bits per heavy atom. The summed E-state index contributed by atoms with van der Waals surface area (Å²) in [6.07, 6.45) is 0.915. The van der Waals surface area contributed by atoms with Gasteiger partial charge in [0.1, 0.15) is 11.3 Å². The summed E-state index contributed by atoms with van der Waals surface area (Å²) in [6.45, 7) is 1.74. The van der Waals surface area contributed by atoms with E-state index >= 15 is 0 Å². The second kappa shape index (κ2) is 5.18. The maximum atomic E-state index is 11.6. The number of H-pyrrole nitrogens is 1. The third-order valence-corrected chi connectivity index (χ3v) is 2.77. The fourth-order valence-electron chi connectivity index (χ4n) is 1.82. The number of nitrogens with one attached hydrogen (secondary N) is 1. The summed E-state index contributed by atoms with van der Waals surface area (Å²) in [5.74, 6) is 0.372. The van der Waals surface area contributed by atoms with Crippen LogP contribution in [0.2, 0.25) is 0 Å². The van der Waals surface area contributed by atoms with Crippen molar-refractivity contribution in [2.24, 2.45) is 0 Å². The summed E-state index contributed by atoms with van der Waals surface area (Å²) in [7, 11) is 1.35. The van der Waals surface area contributed by atoms with E-state index in [4.69, 9.17) is 4.74 Å². The molecule has 0 radical (unpaired) electrons. The van der Waals surface area contributed by atoms with Gasteiger partial charge in [0.05, 0.1) is 24.3 Å². The molecule has 1 aromatic carbocycles. The molecule has 5 nitrogen and oxygen atoms in total. The van der Waals surface area contributed by atoms with Crippen LogP contribution in [0.25, 0.3) is 11.0 Å². The molecule has 0 aliphatic heterocycles. The van der Waals surface area contributed by atoms with Gasteiger partial charge in [0.2, 0.25) is 0 Å². The third kappa shape index (κ3) is 2.51. The van der Waals surface area contributed by atoms with Crippen LogP contribution in [0.3, 0.4) is 0 Å². The molecular weight excluding hydrogens is 232 g/mol. The van der Waals surface area contributed by atoms with E-state index in [1.165, 1.54) is 7.11 Å². The van der Waals surface area contributed by atoms with Crippen LogP contribution < -0.4 is 0 Å². The lowest BCUT2D eigenvalue weighted by atomic mass is 10.2. The number of hydrogen-bond donors (Lipinski definition) is 2. The minimum atomic E-state index is -0.394. The van der Waals surface area contributed by atoms with Crippen LogP contribution in [0.15, 0.2) is 18.2 Å². The number of ether oxygens (including phenoxy) is 1. The first kappa shape index (κ1) is 12.6. The van der Waals surface area contributed by atoms with E-state index in [1.807, 2.05) is 6.07 Å². The fraction of sp³-hybridized carbons (Fsp3) is 0.385. The van der Waals surface area contributed by atoms with E-state index in [-0.39, 0.29) is 6.10 Å². The maximum Gasteiger partial charge on any atom is 0.340 e. The Bertz CT molecular complexity index is 560. The number of carbonyl (C=O) groups is 1. The van der Waals surface area contributed by atoms with E-state index in [0.29, 0.717) is 23.9 Å². The van der Waals surface area contributed by atoms with Crippen molar-refractivity contribution in [1.82, 2.24) is 9.97 Å². The Balaban J connectivity index is 2.35. The van der Waals surface area contributed by atoms with Crippen molar-refractivity contribution in [2.45, 2.75) is 25.9 Å². The van der Waals surface area contributed by atoms with Crippen molar-refractivity contribution in [2.75, 3.05) is 7.11 Å². The Morgan fingerprint density at radius 3 is 3.00 bits per heavy atom. The van der Waals surface area contributed by atoms with E-state index < -0.39 is 5.97 Å². The number of esters is 1. The van der Waals surface area contributed by atoms with Gasteiger partial charge in [-0.2, -0.15) is 0 Å². The second-order valence-electron chi connectivity index (χ2n) is 4.26. The molecule has 2 aromatic rings. The maximum absolute atomic E-state index is 11.6. The average Bonchev–Trinajstić information content (AvgIpc) is 2.77. The number of aryl methyl sites for hydroxylation is 1. The summed E-state index contributed by atoms with van der Waals surface area (Å²) >= 11 is 0. The van der Waals surface area contributed by atoms with Crippen LogP contribution in [0.4, 0.5) is 0 Å². The summed E-state index contributed by atoms with van der Waals surface area (Å²) < 4.78 is 4.72. The zero-order chi connectivity index (χ0) is 13.1. The van der Waals surface area contributed by atoms with Crippen LogP contribution in [0, 0.1) is 0 Å². The normalized spacial score (nSPS) is 12.6. The number of nitrogens with zero attached hydrogens (tertiary/aromatic N) is 1. The standard InChI is InChI=1S/C13H16N2O3/c1-8(16)6-7-11-14-10-5-3-4-9(12(10)15-11)13(17)18-2/h3-5,8,16H,6-7H2,1-2H3,(H,14,15). The number of carbonyl (C=O) groups excluding carboxylic acids is 1. The van der Waals surface area contributed by atoms with Crippen LogP contribution >= 0.6 is 0 Å². The van der Waals surface area contributed by atoms with Crippen molar-refractivity contribution >= 4 is 17.0 Å². The molecule has 0 aliphatic carbocycles. The van der Waals surface area contributed by atoms with Gasteiger partial charge in [0.15, 0.2) is 0 Å². The first-order valence-corrected chi connectivity index (χ1v) is 5.86. The van der Waals surface area contributed by atoms with Crippen LogP contribution in [-0.2, 0) is 11.2 Å². The van der Waals surface area contributed by atoms with Gasteiger partial charge < -0.3 is 14.8 Å². The van der Waals surface area contributed by atoms with Crippen molar-refractivity contribution in [3.05, 3.63) is 29.6 Å². The third-order valence-electron chi connectivity index (χ3n) is 2.77. The molecule has 5 heteroatoms. The average molecular weight is 248 g/mol. The van der Waals surface area contributed by atoms with Gasteiger partial charge in [-0.25, -0.2) is 9.78 Å². The molecule has 2 N–H and O–H groups in total.